The van der Waals surface area contributed by atoms with Gasteiger partial charge in [-0.2, -0.15) is 5.10 Å². The van der Waals surface area contributed by atoms with Gasteiger partial charge in [0, 0.05) is 7.05 Å². The van der Waals surface area contributed by atoms with Gasteiger partial charge in [0.1, 0.15) is 25.0 Å². The molecule has 0 radical (unpaired) electrons. The fourth-order valence-electron chi connectivity index (χ4n) is 2.28. The minimum Gasteiger partial charge on any atom is -0.493 e. The summed E-state index contributed by atoms with van der Waals surface area (Å²) in [6, 6.07) is 5.39. The van der Waals surface area contributed by atoms with E-state index >= 15 is 0 Å². The summed E-state index contributed by atoms with van der Waals surface area (Å²) in [7, 11) is 3.32. The number of fused-ring (bicyclic) bond motifs is 1. The summed E-state index contributed by atoms with van der Waals surface area (Å²) in [6.07, 6.45) is 0.740. The molecule has 0 bridgehead atoms. The first-order valence-corrected chi connectivity index (χ1v) is 6.34. The van der Waals surface area contributed by atoms with Crippen molar-refractivity contribution in [2.75, 3.05) is 20.3 Å². The summed E-state index contributed by atoms with van der Waals surface area (Å²) in [6.45, 7) is 1.06. The molecule has 1 unspecified atom stereocenters. The molecule has 3 rings (SSSR count). The van der Waals surface area contributed by atoms with Crippen molar-refractivity contribution >= 4 is 0 Å². The molecular weight excluding hydrogens is 260 g/mol. The van der Waals surface area contributed by atoms with E-state index in [-0.39, 0.29) is 0 Å². The van der Waals surface area contributed by atoms with Crippen LogP contribution < -0.4 is 14.2 Å². The van der Waals surface area contributed by atoms with Gasteiger partial charge >= 0.3 is 0 Å². The summed E-state index contributed by atoms with van der Waals surface area (Å²) in [5.41, 5.74) is 1.31. The Bertz CT molecular complexity index is 624. The lowest BCUT2D eigenvalue weighted by Gasteiger charge is -2.20. The third-order valence-corrected chi connectivity index (χ3v) is 3.31. The average molecular weight is 276 g/mol. The molecule has 1 aliphatic heterocycles. The maximum absolute atomic E-state index is 10.5. The minimum atomic E-state index is -0.840. The predicted octanol–water partition coefficient (Wildman–Crippen LogP) is 1.28. The van der Waals surface area contributed by atoms with Gasteiger partial charge in [-0.15, -0.1) is 0 Å². The Morgan fingerprint density at radius 3 is 2.80 bits per heavy atom. The van der Waals surface area contributed by atoms with Crippen molar-refractivity contribution in [2.45, 2.75) is 6.10 Å². The zero-order valence-corrected chi connectivity index (χ0v) is 11.4. The summed E-state index contributed by atoms with van der Waals surface area (Å²) in [5.74, 6) is 1.90. The van der Waals surface area contributed by atoms with Gasteiger partial charge in [-0.1, -0.05) is 6.07 Å². The van der Waals surface area contributed by atoms with E-state index in [2.05, 4.69) is 5.10 Å². The molecule has 0 fully saturated rings. The Morgan fingerprint density at radius 2 is 2.05 bits per heavy atom. The normalized spacial score (nSPS) is 14.9. The molecule has 106 valence electrons. The van der Waals surface area contributed by atoms with Crippen LogP contribution in [-0.4, -0.2) is 35.2 Å². The first kappa shape index (κ1) is 12.8. The summed E-state index contributed by atoms with van der Waals surface area (Å²) < 4.78 is 17.8. The molecule has 1 aromatic heterocycles. The first-order valence-electron chi connectivity index (χ1n) is 6.34. The van der Waals surface area contributed by atoms with Crippen molar-refractivity contribution in [1.29, 1.82) is 0 Å². The van der Waals surface area contributed by atoms with Crippen LogP contribution in [0.1, 0.15) is 17.4 Å². The Kier molecular flexibility index (Phi) is 3.23. The van der Waals surface area contributed by atoms with E-state index in [0.29, 0.717) is 41.7 Å². The highest BCUT2D eigenvalue weighted by Gasteiger charge is 2.22. The number of hydrogen-bond acceptors (Lipinski definition) is 5. The van der Waals surface area contributed by atoms with Gasteiger partial charge < -0.3 is 19.3 Å². The van der Waals surface area contributed by atoms with E-state index in [1.807, 2.05) is 6.07 Å². The molecule has 20 heavy (non-hydrogen) atoms. The van der Waals surface area contributed by atoms with E-state index in [0.717, 1.165) is 0 Å². The number of hydrogen-bond donors (Lipinski definition) is 1. The van der Waals surface area contributed by atoms with Gasteiger partial charge in [0.15, 0.2) is 17.2 Å². The molecule has 0 aliphatic carbocycles. The van der Waals surface area contributed by atoms with Crippen LogP contribution in [-0.2, 0) is 7.05 Å². The second-order valence-electron chi connectivity index (χ2n) is 4.53. The lowest BCUT2D eigenvalue weighted by molar-refractivity contribution is 0.169. The lowest BCUT2D eigenvalue weighted by atomic mass is 10.1. The minimum absolute atomic E-state index is 0.515. The highest BCUT2D eigenvalue weighted by molar-refractivity contribution is 5.46. The van der Waals surface area contributed by atoms with Gasteiger partial charge in [0.25, 0.3) is 0 Å². The molecule has 1 aromatic carbocycles. The maximum atomic E-state index is 10.5. The lowest BCUT2D eigenvalue weighted by Crippen LogP contribution is -2.16. The van der Waals surface area contributed by atoms with Crippen LogP contribution in [0.25, 0.3) is 0 Å². The molecule has 6 nitrogen and oxygen atoms in total. The number of aromatic nitrogens is 2. The number of methoxy groups -OCH3 is 1. The SMILES string of the molecule is COc1cnn(C)c1C(O)c1ccc2c(c1)OCCO2. The molecule has 2 aromatic rings. The maximum Gasteiger partial charge on any atom is 0.162 e. The molecule has 6 heteroatoms. The van der Waals surface area contributed by atoms with Gasteiger partial charge in [-0.25, -0.2) is 0 Å². The number of aliphatic hydroxyl groups is 1. The van der Waals surface area contributed by atoms with E-state index in [1.54, 1.807) is 37.2 Å². The monoisotopic (exact) mass is 276 g/mol. The largest absolute Gasteiger partial charge is 0.493 e. The van der Waals surface area contributed by atoms with E-state index < -0.39 is 6.10 Å². The number of rotatable bonds is 3. The second-order valence-corrected chi connectivity index (χ2v) is 4.53. The first-order chi connectivity index (χ1) is 9.70. The zero-order valence-electron chi connectivity index (χ0n) is 11.4. The molecule has 1 aliphatic rings. The standard InChI is InChI=1S/C14H16N2O4/c1-16-13(12(18-2)8-15-16)14(17)9-3-4-10-11(7-9)20-6-5-19-10/h3-4,7-8,14,17H,5-6H2,1-2H3. The topological polar surface area (TPSA) is 65.7 Å². The van der Waals surface area contributed by atoms with Crippen molar-refractivity contribution in [3.8, 4) is 17.2 Å². The Labute approximate surface area is 116 Å². The van der Waals surface area contributed by atoms with E-state index in [1.165, 1.54) is 0 Å². The quantitative estimate of drug-likeness (QED) is 0.915. The number of aliphatic hydroxyl groups excluding tert-OH is 1. The molecule has 1 atom stereocenters. The van der Waals surface area contributed by atoms with Gasteiger partial charge in [-0.05, 0) is 17.7 Å². The van der Waals surface area contributed by atoms with Gasteiger partial charge in [0.2, 0.25) is 0 Å². The molecule has 0 saturated heterocycles. The number of nitrogens with zero attached hydrogens (tertiary/aromatic N) is 2. The van der Waals surface area contributed by atoms with Crippen LogP contribution >= 0.6 is 0 Å². The fraction of sp³-hybridized carbons (Fsp3) is 0.357. The molecule has 2 heterocycles. The van der Waals surface area contributed by atoms with Gasteiger partial charge in [-0.3, -0.25) is 4.68 Å². The predicted molar refractivity (Wildman–Crippen MR) is 71.3 cm³/mol. The second kappa shape index (κ2) is 5.05. The molecule has 1 N–H and O–H groups in total. The van der Waals surface area contributed by atoms with Crippen LogP contribution in [0, 0.1) is 0 Å². The smallest absolute Gasteiger partial charge is 0.162 e. The van der Waals surface area contributed by atoms with Crippen molar-refractivity contribution < 1.29 is 19.3 Å². The van der Waals surface area contributed by atoms with Crippen molar-refractivity contribution in [2.24, 2.45) is 7.05 Å². The van der Waals surface area contributed by atoms with Crippen molar-refractivity contribution in [3.05, 3.63) is 35.7 Å². The summed E-state index contributed by atoms with van der Waals surface area (Å²) in [4.78, 5) is 0. The average Bonchev–Trinajstić information content (AvgIpc) is 2.87. The van der Waals surface area contributed by atoms with Crippen molar-refractivity contribution in [1.82, 2.24) is 9.78 Å². The molecule has 0 saturated carbocycles. The van der Waals surface area contributed by atoms with Crippen LogP contribution in [0.15, 0.2) is 24.4 Å². The highest BCUT2D eigenvalue weighted by Crippen LogP contribution is 2.36. The summed E-state index contributed by atoms with van der Waals surface area (Å²) in [5, 5.41) is 14.6. The fourth-order valence-corrected chi connectivity index (χ4v) is 2.28. The number of ether oxygens (including phenoxy) is 3. The summed E-state index contributed by atoms with van der Waals surface area (Å²) >= 11 is 0. The third-order valence-electron chi connectivity index (χ3n) is 3.31. The number of benzene rings is 1. The molecule has 0 amide bonds. The van der Waals surface area contributed by atoms with Gasteiger partial charge in [0.05, 0.1) is 13.3 Å². The molecular formula is C14H16N2O4. The van der Waals surface area contributed by atoms with Crippen LogP contribution in [0.5, 0.6) is 17.2 Å². The Morgan fingerprint density at radius 1 is 1.30 bits per heavy atom. The van der Waals surface area contributed by atoms with E-state index in [9.17, 15) is 5.11 Å². The highest BCUT2D eigenvalue weighted by atomic mass is 16.6. The Balaban J connectivity index is 1.97. The van der Waals surface area contributed by atoms with Crippen LogP contribution in [0.2, 0.25) is 0 Å². The zero-order chi connectivity index (χ0) is 14.1. The third kappa shape index (κ3) is 2.08. The van der Waals surface area contributed by atoms with Crippen LogP contribution in [0.3, 0.4) is 0 Å². The molecule has 0 spiro atoms. The number of aryl methyl sites for hydroxylation is 1. The van der Waals surface area contributed by atoms with Crippen molar-refractivity contribution in [3.63, 3.8) is 0 Å². The Hall–Kier alpha value is -2.21. The van der Waals surface area contributed by atoms with Crippen LogP contribution in [0.4, 0.5) is 0 Å². The van der Waals surface area contributed by atoms with E-state index in [4.69, 9.17) is 14.2 Å².